The first kappa shape index (κ1) is 21.8. The first-order valence-electron chi connectivity index (χ1n) is 11.0. The number of benzene rings is 1. The lowest BCUT2D eigenvalue weighted by Crippen LogP contribution is -2.40. The molecule has 2 fully saturated rings. The number of halogens is 1. The third-order valence-corrected chi connectivity index (χ3v) is 7.08. The minimum absolute atomic E-state index is 0.0191. The number of nitrogens with zero attached hydrogens (tertiary/aromatic N) is 1. The number of ether oxygens (including phenoxy) is 1. The van der Waals surface area contributed by atoms with Gasteiger partial charge < -0.3 is 9.30 Å². The van der Waals surface area contributed by atoms with Crippen molar-refractivity contribution in [3.05, 3.63) is 52.3 Å². The van der Waals surface area contributed by atoms with Gasteiger partial charge >= 0.3 is 5.97 Å². The molecule has 1 unspecified atom stereocenters. The van der Waals surface area contributed by atoms with Gasteiger partial charge in [-0.3, -0.25) is 14.4 Å². The largest absolute Gasteiger partial charge is 0.454 e. The molecular formula is C25H28ClNO4. The van der Waals surface area contributed by atoms with Gasteiger partial charge in [0, 0.05) is 39.5 Å². The lowest BCUT2D eigenvalue weighted by atomic mass is 9.67. The summed E-state index contributed by atoms with van der Waals surface area (Å²) in [5, 5.41) is 0.650. The average molecular weight is 442 g/mol. The van der Waals surface area contributed by atoms with Crippen molar-refractivity contribution in [3.8, 4) is 5.69 Å². The Balaban J connectivity index is 1.47. The SMILES string of the molecule is Cc1cc(C(=O)[C@H](C)OC(=O)C2C[C@H]3CCC[C@@H](C2)C3=O)c(C)n1-c1ccc(Cl)cc1. The molecule has 0 saturated heterocycles. The van der Waals surface area contributed by atoms with E-state index < -0.39 is 6.10 Å². The molecule has 164 valence electrons. The summed E-state index contributed by atoms with van der Waals surface area (Å²) in [6.07, 6.45) is 3.03. The van der Waals surface area contributed by atoms with Gasteiger partial charge in [0.15, 0.2) is 6.10 Å². The number of carbonyl (C=O) groups is 3. The Morgan fingerprint density at radius 3 is 2.32 bits per heavy atom. The molecule has 2 saturated carbocycles. The quantitative estimate of drug-likeness (QED) is 0.469. The molecule has 1 aromatic heterocycles. The van der Waals surface area contributed by atoms with E-state index in [1.54, 1.807) is 6.92 Å². The molecule has 0 aliphatic heterocycles. The van der Waals surface area contributed by atoms with Gasteiger partial charge in [0.25, 0.3) is 0 Å². The van der Waals surface area contributed by atoms with E-state index in [4.69, 9.17) is 16.3 Å². The van der Waals surface area contributed by atoms with Gasteiger partial charge in [0.2, 0.25) is 5.78 Å². The summed E-state index contributed by atoms with van der Waals surface area (Å²) < 4.78 is 7.60. The van der Waals surface area contributed by atoms with Gasteiger partial charge in [0.1, 0.15) is 5.78 Å². The van der Waals surface area contributed by atoms with E-state index in [1.807, 2.05) is 48.7 Å². The normalized spacial score (nSPS) is 24.0. The molecule has 2 aliphatic rings. The fourth-order valence-electron chi connectivity index (χ4n) is 5.21. The van der Waals surface area contributed by atoms with Crippen LogP contribution in [0.2, 0.25) is 5.02 Å². The highest BCUT2D eigenvalue weighted by Crippen LogP contribution is 2.40. The number of Topliss-reactive ketones (excluding diaryl/α,β-unsaturated/α-hetero) is 2. The number of fused-ring (bicyclic) bond motifs is 2. The predicted octanol–water partition coefficient (Wildman–Crippen LogP) is 5.26. The van der Waals surface area contributed by atoms with Crippen molar-refractivity contribution in [2.24, 2.45) is 17.8 Å². The van der Waals surface area contributed by atoms with E-state index in [-0.39, 0.29) is 29.5 Å². The molecule has 1 heterocycles. The second-order valence-corrected chi connectivity index (χ2v) is 9.37. The highest BCUT2D eigenvalue weighted by atomic mass is 35.5. The van der Waals surface area contributed by atoms with Gasteiger partial charge in [-0.1, -0.05) is 18.0 Å². The number of esters is 1. The Bertz CT molecular complexity index is 1010. The van der Waals surface area contributed by atoms with Crippen LogP contribution in [0.15, 0.2) is 30.3 Å². The second kappa shape index (κ2) is 8.62. The van der Waals surface area contributed by atoms with E-state index in [0.29, 0.717) is 29.2 Å². The summed E-state index contributed by atoms with van der Waals surface area (Å²) in [5.74, 6) is -0.576. The standard InChI is InChI=1S/C25H28ClNO4/c1-14-11-22(15(2)27(14)21-9-7-20(26)8-10-21)23(28)16(3)31-25(30)19-12-17-5-4-6-18(13-19)24(17)29/h7-11,16-19H,4-6,12-13H2,1-3H3/t16-,17-,18+,19?/m0/s1. The van der Waals surface area contributed by atoms with Crippen LogP contribution in [0.3, 0.4) is 0 Å². The molecule has 6 heteroatoms. The van der Waals surface area contributed by atoms with Crippen LogP contribution in [0.5, 0.6) is 0 Å². The van der Waals surface area contributed by atoms with Crippen molar-refractivity contribution in [2.75, 3.05) is 0 Å². The maximum Gasteiger partial charge on any atom is 0.309 e. The van der Waals surface area contributed by atoms with E-state index in [9.17, 15) is 14.4 Å². The fraction of sp³-hybridized carbons (Fsp3) is 0.480. The number of hydrogen-bond donors (Lipinski definition) is 0. The minimum atomic E-state index is -0.871. The van der Waals surface area contributed by atoms with Gasteiger partial charge in [-0.2, -0.15) is 0 Å². The number of hydrogen-bond acceptors (Lipinski definition) is 4. The molecule has 0 amide bonds. The molecule has 5 nitrogen and oxygen atoms in total. The summed E-state index contributed by atoms with van der Waals surface area (Å²) in [4.78, 5) is 38.2. The maximum absolute atomic E-state index is 13.1. The Kier molecular flexibility index (Phi) is 6.07. The molecule has 4 rings (SSSR count). The van der Waals surface area contributed by atoms with Crippen molar-refractivity contribution >= 4 is 29.1 Å². The number of aromatic nitrogens is 1. The van der Waals surface area contributed by atoms with Crippen molar-refractivity contribution < 1.29 is 19.1 Å². The van der Waals surface area contributed by atoms with E-state index in [2.05, 4.69) is 0 Å². The zero-order valence-corrected chi connectivity index (χ0v) is 18.9. The van der Waals surface area contributed by atoms with E-state index in [1.165, 1.54) is 0 Å². The highest BCUT2D eigenvalue weighted by molar-refractivity contribution is 6.30. The zero-order valence-electron chi connectivity index (χ0n) is 18.2. The molecular weight excluding hydrogens is 414 g/mol. The third-order valence-electron chi connectivity index (χ3n) is 6.82. The van der Waals surface area contributed by atoms with E-state index in [0.717, 1.165) is 36.3 Å². The van der Waals surface area contributed by atoms with Crippen LogP contribution in [0, 0.1) is 31.6 Å². The van der Waals surface area contributed by atoms with Crippen LogP contribution in [0.1, 0.15) is 60.8 Å². The average Bonchev–Trinajstić information content (AvgIpc) is 3.02. The molecule has 31 heavy (non-hydrogen) atoms. The van der Waals surface area contributed by atoms with Crippen molar-refractivity contribution in [3.63, 3.8) is 0 Å². The van der Waals surface area contributed by atoms with Crippen molar-refractivity contribution in [2.45, 2.75) is 59.0 Å². The van der Waals surface area contributed by atoms with Crippen LogP contribution in [0.4, 0.5) is 0 Å². The van der Waals surface area contributed by atoms with Crippen LogP contribution in [0.25, 0.3) is 5.69 Å². The van der Waals surface area contributed by atoms with Crippen molar-refractivity contribution in [1.29, 1.82) is 0 Å². The van der Waals surface area contributed by atoms with Crippen LogP contribution in [-0.4, -0.2) is 28.2 Å². The highest BCUT2D eigenvalue weighted by Gasteiger charge is 2.42. The second-order valence-electron chi connectivity index (χ2n) is 8.94. The molecule has 0 N–H and O–H groups in total. The lowest BCUT2D eigenvalue weighted by molar-refractivity contribution is -0.155. The molecule has 0 radical (unpaired) electrons. The Labute approximate surface area is 187 Å². The summed E-state index contributed by atoms with van der Waals surface area (Å²) in [7, 11) is 0. The third kappa shape index (κ3) is 4.20. The zero-order chi connectivity index (χ0) is 22.3. The number of aryl methyl sites for hydroxylation is 1. The number of carbonyl (C=O) groups excluding carboxylic acids is 3. The van der Waals surface area contributed by atoms with Gasteiger partial charge in [-0.25, -0.2) is 0 Å². The molecule has 1 aromatic carbocycles. The first-order chi connectivity index (χ1) is 14.8. The van der Waals surface area contributed by atoms with Gasteiger partial charge in [-0.15, -0.1) is 0 Å². The van der Waals surface area contributed by atoms with Crippen LogP contribution in [-0.2, 0) is 14.3 Å². The van der Waals surface area contributed by atoms with Gasteiger partial charge in [0.05, 0.1) is 5.92 Å². The van der Waals surface area contributed by atoms with E-state index >= 15 is 0 Å². The monoisotopic (exact) mass is 441 g/mol. The smallest absolute Gasteiger partial charge is 0.309 e. The molecule has 2 aliphatic carbocycles. The Morgan fingerprint density at radius 2 is 1.71 bits per heavy atom. The summed E-state index contributed by atoms with van der Waals surface area (Å²) in [5.41, 5.74) is 3.18. The molecule has 2 bridgehead atoms. The molecule has 0 spiro atoms. The fourth-order valence-corrected chi connectivity index (χ4v) is 5.34. The summed E-state index contributed by atoms with van der Waals surface area (Å²) in [6.45, 7) is 5.45. The van der Waals surface area contributed by atoms with Gasteiger partial charge in [-0.05, 0) is 76.8 Å². The Morgan fingerprint density at radius 1 is 1.10 bits per heavy atom. The van der Waals surface area contributed by atoms with Crippen LogP contribution >= 0.6 is 11.6 Å². The van der Waals surface area contributed by atoms with Crippen molar-refractivity contribution in [1.82, 2.24) is 4.57 Å². The lowest BCUT2D eigenvalue weighted by Gasteiger charge is -2.36. The minimum Gasteiger partial charge on any atom is -0.454 e. The Hall–Kier alpha value is -2.40. The topological polar surface area (TPSA) is 65.4 Å². The number of rotatable bonds is 5. The maximum atomic E-state index is 13.1. The summed E-state index contributed by atoms with van der Waals surface area (Å²) >= 11 is 6.00. The molecule has 2 aromatic rings. The summed E-state index contributed by atoms with van der Waals surface area (Å²) in [6, 6.07) is 9.26. The predicted molar refractivity (Wildman–Crippen MR) is 119 cm³/mol. The molecule has 4 atom stereocenters. The number of ketones is 2. The first-order valence-corrected chi connectivity index (χ1v) is 11.4. The van der Waals surface area contributed by atoms with Crippen LogP contribution < -0.4 is 0 Å².